The maximum absolute atomic E-state index is 11.2. The number of ether oxygens (including phenoxy) is 1. The predicted molar refractivity (Wildman–Crippen MR) is 74.2 cm³/mol. The van der Waals surface area contributed by atoms with Crippen LogP contribution in [-0.2, 0) is 9.53 Å². The summed E-state index contributed by atoms with van der Waals surface area (Å²) in [6.07, 6.45) is 0. The van der Waals surface area contributed by atoms with Gasteiger partial charge in [0.15, 0.2) is 0 Å². The summed E-state index contributed by atoms with van der Waals surface area (Å²) in [5, 5.41) is 2.35. The first-order valence-electron chi connectivity index (χ1n) is 5.76. The van der Waals surface area contributed by atoms with Gasteiger partial charge in [-0.05, 0) is 18.4 Å². The second-order valence-electron chi connectivity index (χ2n) is 4.24. The van der Waals surface area contributed by atoms with Crippen molar-refractivity contribution in [3.63, 3.8) is 0 Å². The molecule has 3 rings (SSSR count). The molecular formula is C15H12O2S. The van der Waals surface area contributed by atoms with Crippen molar-refractivity contribution in [3.8, 4) is 0 Å². The van der Waals surface area contributed by atoms with Crippen molar-refractivity contribution in [2.45, 2.75) is 18.7 Å². The number of carbonyl (C=O) groups excluding carboxylic acids is 1. The molecular weight excluding hydrogens is 244 g/mol. The molecule has 18 heavy (non-hydrogen) atoms. The predicted octanol–water partition coefficient (Wildman–Crippen LogP) is 4.20. The van der Waals surface area contributed by atoms with Gasteiger partial charge >= 0.3 is 5.97 Å². The standard InChI is InChI=1S/C15H12O2S/c1-9-15(17-10(2)16)12-7-3-5-11-6-4-8-13(18-9)14(11)12/h3-8H,1-2H3. The second-order valence-corrected chi connectivity index (χ2v) is 5.50. The Morgan fingerprint density at radius 3 is 2.61 bits per heavy atom. The molecule has 0 fully saturated rings. The Hall–Kier alpha value is -1.74. The summed E-state index contributed by atoms with van der Waals surface area (Å²) in [5.74, 6) is 0.415. The molecule has 1 heterocycles. The lowest BCUT2D eigenvalue weighted by Gasteiger charge is -2.20. The fourth-order valence-electron chi connectivity index (χ4n) is 2.25. The van der Waals surface area contributed by atoms with Gasteiger partial charge in [-0.25, -0.2) is 0 Å². The Balaban J connectivity index is 2.30. The summed E-state index contributed by atoms with van der Waals surface area (Å²) in [6.45, 7) is 3.42. The molecule has 0 saturated carbocycles. The van der Waals surface area contributed by atoms with Crippen LogP contribution >= 0.6 is 11.8 Å². The maximum Gasteiger partial charge on any atom is 0.308 e. The third-order valence-electron chi connectivity index (χ3n) is 2.94. The second kappa shape index (κ2) is 4.18. The van der Waals surface area contributed by atoms with Gasteiger partial charge in [-0.15, -0.1) is 0 Å². The monoisotopic (exact) mass is 256 g/mol. The van der Waals surface area contributed by atoms with Crippen LogP contribution in [0.5, 0.6) is 0 Å². The first kappa shape index (κ1) is 11.4. The minimum absolute atomic E-state index is 0.277. The van der Waals surface area contributed by atoms with E-state index in [1.165, 1.54) is 22.6 Å². The molecule has 0 spiro atoms. The van der Waals surface area contributed by atoms with Crippen molar-refractivity contribution < 1.29 is 9.53 Å². The molecule has 1 aliphatic rings. The van der Waals surface area contributed by atoms with Crippen molar-refractivity contribution in [2.24, 2.45) is 0 Å². The quantitative estimate of drug-likeness (QED) is 0.715. The summed E-state index contributed by atoms with van der Waals surface area (Å²) in [6, 6.07) is 12.3. The summed E-state index contributed by atoms with van der Waals surface area (Å²) in [4.78, 5) is 13.5. The fraction of sp³-hybridized carbons (Fsp3) is 0.133. The highest BCUT2D eigenvalue weighted by Gasteiger charge is 2.21. The van der Waals surface area contributed by atoms with E-state index in [-0.39, 0.29) is 5.97 Å². The smallest absolute Gasteiger partial charge is 0.308 e. The third kappa shape index (κ3) is 1.71. The minimum Gasteiger partial charge on any atom is -0.425 e. The van der Waals surface area contributed by atoms with E-state index >= 15 is 0 Å². The van der Waals surface area contributed by atoms with E-state index in [1.54, 1.807) is 11.8 Å². The number of esters is 1. The molecule has 0 atom stereocenters. The molecule has 0 aliphatic carbocycles. The molecule has 0 saturated heterocycles. The van der Waals surface area contributed by atoms with Gasteiger partial charge in [0.1, 0.15) is 5.76 Å². The normalized spacial score (nSPS) is 13.9. The highest BCUT2D eigenvalue weighted by atomic mass is 32.2. The van der Waals surface area contributed by atoms with E-state index < -0.39 is 0 Å². The van der Waals surface area contributed by atoms with Crippen LogP contribution in [0.4, 0.5) is 0 Å². The van der Waals surface area contributed by atoms with E-state index in [0.717, 1.165) is 10.5 Å². The molecule has 1 aliphatic heterocycles. The van der Waals surface area contributed by atoms with Crippen LogP contribution in [0, 0.1) is 0 Å². The van der Waals surface area contributed by atoms with Crippen LogP contribution in [0.1, 0.15) is 19.4 Å². The number of rotatable bonds is 1. The molecule has 0 unspecified atom stereocenters. The maximum atomic E-state index is 11.2. The van der Waals surface area contributed by atoms with Crippen LogP contribution in [-0.4, -0.2) is 5.97 Å². The lowest BCUT2D eigenvalue weighted by atomic mass is 10.0. The topological polar surface area (TPSA) is 26.3 Å². The summed E-state index contributed by atoms with van der Waals surface area (Å²) in [5.41, 5.74) is 1.01. The molecule has 90 valence electrons. The summed E-state index contributed by atoms with van der Waals surface area (Å²) in [7, 11) is 0. The van der Waals surface area contributed by atoms with Crippen molar-refractivity contribution in [2.75, 3.05) is 0 Å². The van der Waals surface area contributed by atoms with Crippen LogP contribution in [0.3, 0.4) is 0 Å². The van der Waals surface area contributed by atoms with Crippen LogP contribution in [0.15, 0.2) is 46.2 Å². The van der Waals surface area contributed by atoms with Gasteiger partial charge in [-0.3, -0.25) is 4.79 Å². The Bertz CT molecular complexity index is 681. The third-order valence-corrected chi connectivity index (χ3v) is 3.99. The van der Waals surface area contributed by atoms with Crippen molar-refractivity contribution in [1.82, 2.24) is 0 Å². The Labute approximate surface area is 110 Å². The molecule has 0 amide bonds. The Morgan fingerprint density at radius 2 is 1.89 bits per heavy atom. The van der Waals surface area contributed by atoms with Gasteiger partial charge in [0, 0.05) is 27.7 Å². The summed E-state index contributed by atoms with van der Waals surface area (Å²) < 4.78 is 5.37. The molecule has 0 aromatic heterocycles. The number of carbonyl (C=O) groups is 1. The van der Waals surface area contributed by atoms with Crippen LogP contribution < -0.4 is 0 Å². The minimum atomic E-state index is -0.277. The molecule has 0 radical (unpaired) electrons. The summed E-state index contributed by atoms with van der Waals surface area (Å²) >= 11 is 1.66. The Kier molecular flexibility index (Phi) is 2.63. The van der Waals surface area contributed by atoms with E-state index in [0.29, 0.717) is 5.76 Å². The molecule has 0 N–H and O–H groups in total. The fourth-order valence-corrected chi connectivity index (χ4v) is 3.30. The number of allylic oxidation sites excluding steroid dienone is 1. The van der Waals surface area contributed by atoms with Gasteiger partial charge in [-0.1, -0.05) is 42.1 Å². The van der Waals surface area contributed by atoms with Crippen molar-refractivity contribution >= 4 is 34.3 Å². The van der Waals surface area contributed by atoms with Crippen molar-refractivity contribution in [1.29, 1.82) is 0 Å². The molecule has 2 aromatic rings. The number of benzene rings is 2. The van der Waals surface area contributed by atoms with E-state index in [4.69, 9.17) is 4.74 Å². The SMILES string of the molecule is CC(=O)OC1=C(C)Sc2cccc3cccc1c23. The number of hydrogen-bond donors (Lipinski definition) is 0. The lowest BCUT2D eigenvalue weighted by molar-refractivity contribution is -0.134. The zero-order chi connectivity index (χ0) is 12.7. The highest BCUT2D eigenvalue weighted by Crippen LogP contribution is 2.44. The highest BCUT2D eigenvalue weighted by molar-refractivity contribution is 8.03. The van der Waals surface area contributed by atoms with Crippen molar-refractivity contribution in [3.05, 3.63) is 46.9 Å². The zero-order valence-electron chi connectivity index (χ0n) is 10.2. The van der Waals surface area contributed by atoms with Gasteiger partial charge in [-0.2, -0.15) is 0 Å². The van der Waals surface area contributed by atoms with Gasteiger partial charge in [0.2, 0.25) is 0 Å². The zero-order valence-corrected chi connectivity index (χ0v) is 11.0. The molecule has 2 aromatic carbocycles. The Morgan fingerprint density at radius 1 is 1.17 bits per heavy atom. The van der Waals surface area contributed by atoms with Gasteiger partial charge in [0.25, 0.3) is 0 Å². The first-order chi connectivity index (χ1) is 8.66. The molecule has 3 heteroatoms. The van der Waals surface area contributed by atoms with Crippen LogP contribution in [0.25, 0.3) is 16.5 Å². The van der Waals surface area contributed by atoms with E-state index in [1.807, 2.05) is 19.1 Å². The van der Waals surface area contributed by atoms with E-state index in [9.17, 15) is 4.79 Å². The molecule has 0 bridgehead atoms. The average molecular weight is 256 g/mol. The van der Waals surface area contributed by atoms with E-state index in [2.05, 4.69) is 24.3 Å². The van der Waals surface area contributed by atoms with Gasteiger partial charge < -0.3 is 4.74 Å². The lowest BCUT2D eigenvalue weighted by Crippen LogP contribution is -2.03. The first-order valence-corrected chi connectivity index (χ1v) is 6.58. The molecule has 2 nitrogen and oxygen atoms in total. The number of hydrogen-bond acceptors (Lipinski definition) is 3. The average Bonchev–Trinajstić information content (AvgIpc) is 2.34. The number of thioether (sulfide) groups is 1. The van der Waals surface area contributed by atoms with Gasteiger partial charge in [0.05, 0.1) is 0 Å². The van der Waals surface area contributed by atoms with Crippen LogP contribution in [0.2, 0.25) is 0 Å². The largest absolute Gasteiger partial charge is 0.425 e.